The average molecular weight is 396 g/mol. The van der Waals surface area contributed by atoms with E-state index in [9.17, 15) is 9.18 Å². The number of hydrogen-bond acceptors (Lipinski definition) is 4. The van der Waals surface area contributed by atoms with Gasteiger partial charge in [-0.1, -0.05) is 18.2 Å². The summed E-state index contributed by atoms with van der Waals surface area (Å²) < 4.78 is 13.1. The molecule has 4 nitrogen and oxygen atoms in total. The summed E-state index contributed by atoms with van der Waals surface area (Å²) in [6, 6.07) is 10.6. The summed E-state index contributed by atoms with van der Waals surface area (Å²) in [5, 5.41) is 0. The number of aromatic nitrogens is 2. The van der Waals surface area contributed by atoms with Crippen LogP contribution in [-0.2, 0) is 6.42 Å². The SMILES string of the molecule is Cc1ncsc1C(=O)N1CCCC[C@H]1c1ccc(Cc2ccc(F)cc2)nc1. The summed E-state index contributed by atoms with van der Waals surface area (Å²) in [6.45, 7) is 2.65. The number of hydrogen-bond donors (Lipinski definition) is 0. The van der Waals surface area contributed by atoms with Crippen molar-refractivity contribution in [3.8, 4) is 0 Å². The van der Waals surface area contributed by atoms with E-state index in [4.69, 9.17) is 0 Å². The van der Waals surface area contributed by atoms with Gasteiger partial charge >= 0.3 is 0 Å². The zero-order valence-electron chi connectivity index (χ0n) is 15.8. The first kappa shape index (κ1) is 18.7. The molecule has 3 heterocycles. The number of likely N-dealkylation sites (tertiary alicyclic amines) is 1. The first-order chi connectivity index (χ1) is 13.6. The number of nitrogens with zero attached hydrogens (tertiary/aromatic N) is 3. The minimum atomic E-state index is -0.231. The van der Waals surface area contributed by atoms with E-state index in [1.54, 1.807) is 17.6 Å². The number of carbonyl (C=O) groups excluding carboxylic acids is 1. The Morgan fingerprint density at radius 2 is 2.00 bits per heavy atom. The largest absolute Gasteiger partial charge is 0.331 e. The van der Waals surface area contributed by atoms with Crippen LogP contribution in [0, 0.1) is 12.7 Å². The minimum Gasteiger partial charge on any atom is -0.331 e. The predicted octanol–water partition coefficient (Wildman–Crippen LogP) is 4.94. The number of carbonyl (C=O) groups is 1. The fourth-order valence-corrected chi connectivity index (χ4v) is 4.47. The highest BCUT2D eigenvalue weighted by Gasteiger charge is 2.30. The maximum absolute atomic E-state index is 13.1. The summed E-state index contributed by atoms with van der Waals surface area (Å²) >= 11 is 1.41. The van der Waals surface area contributed by atoms with Crippen molar-refractivity contribution in [3.05, 3.63) is 81.3 Å². The van der Waals surface area contributed by atoms with Gasteiger partial charge in [0.15, 0.2) is 0 Å². The maximum Gasteiger partial charge on any atom is 0.266 e. The molecule has 0 saturated carbocycles. The van der Waals surface area contributed by atoms with Crippen molar-refractivity contribution in [2.45, 2.75) is 38.6 Å². The lowest BCUT2D eigenvalue weighted by Gasteiger charge is -2.35. The zero-order valence-corrected chi connectivity index (χ0v) is 16.6. The smallest absolute Gasteiger partial charge is 0.266 e. The molecule has 28 heavy (non-hydrogen) atoms. The quantitative estimate of drug-likeness (QED) is 0.628. The molecule has 2 aromatic heterocycles. The third-order valence-electron chi connectivity index (χ3n) is 5.23. The van der Waals surface area contributed by atoms with E-state index < -0.39 is 0 Å². The number of pyridine rings is 1. The normalized spacial score (nSPS) is 16.9. The fourth-order valence-electron chi connectivity index (χ4n) is 3.71. The van der Waals surface area contributed by atoms with Crippen LogP contribution in [-0.4, -0.2) is 27.3 Å². The molecule has 6 heteroatoms. The van der Waals surface area contributed by atoms with Crippen LogP contribution < -0.4 is 0 Å². The van der Waals surface area contributed by atoms with Crippen LogP contribution in [0.2, 0.25) is 0 Å². The number of benzene rings is 1. The van der Waals surface area contributed by atoms with E-state index in [-0.39, 0.29) is 17.8 Å². The van der Waals surface area contributed by atoms with Crippen molar-refractivity contribution in [2.75, 3.05) is 6.54 Å². The molecule has 0 radical (unpaired) electrons. The van der Waals surface area contributed by atoms with Crippen LogP contribution in [0.15, 0.2) is 48.1 Å². The van der Waals surface area contributed by atoms with Gasteiger partial charge in [-0.25, -0.2) is 9.37 Å². The van der Waals surface area contributed by atoms with E-state index in [0.29, 0.717) is 6.42 Å². The second-order valence-electron chi connectivity index (χ2n) is 7.16. The standard InChI is InChI=1S/C22H22FN3OS/c1-15-21(28-14-25-15)22(27)26-11-3-2-4-20(26)17-7-10-19(24-13-17)12-16-5-8-18(23)9-6-16/h5-10,13-14,20H,2-4,11-12H2,1H3/t20-/m0/s1. The highest BCUT2D eigenvalue weighted by molar-refractivity contribution is 7.11. The van der Waals surface area contributed by atoms with Gasteiger partial charge in [0.05, 0.1) is 17.2 Å². The number of aryl methyl sites for hydroxylation is 1. The Morgan fingerprint density at radius 3 is 2.68 bits per heavy atom. The van der Waals surface area contributed by atoms with E-state index >= 15 is 0 Å². The molecule has 0 N–H and O–H groups in total. The number of halogens is 1. The lowest BCUT2D eigenvalue weighted by atomic mass is 9.95. The second kappa shape index (κ2) is 8.19. The second-order valence-corrected chi connectivity index (χ2v) is 8.02. The molecule has 1 saturated heterocycles. The summed E-state index contributed by atoms with van der Waals surface area (Å²) in [7, 11) is 0. The third-order valence-corrected chi connectivity index (χ3v) is 6.15. The number of piperidine rings is 1. The number of amides is 1. The average Bonchev–Trinajstić information content (AvgIpc) is 3.16. The van der Waals surface area contributed by atoms with Crippen molar-refractivity contribution in [3.63, 3.8) is 0 Å². The van der Waals surface area contributed by atoms with Gasteiger partial charge in [0.2, 0.25) is 0 Å². The Kier molecular flexibility index (Phi) is 5.48. The first-order valence-corrected chi connectivity index (χ1v) is 10.4. The Morgan fingerprint density at radius 1 is 1.18 bits per heavy atom. The maximum atomic E-state index is 13.1. The van der Waals surface area contributed by atoms with E-state index in [2.05, 4.69) is 16.0 Å². The van der Waals surface area contributed by atoms with Gasteiger partial charge in [0, 0.05) is 24.9 Å². The number of rotatable bonds is 4. The molecule has 0 spiro atoms. The molecule has 1 aliphatic heterocycles. The Hall–Kier alpha value is -2.60. The van der Waals surface area contributed by atoms with Crippen LogP contribution in [0.5, 0.6) is 0 Å². The minimum absolute atomic E-state index is 0.0510. The Bertz CT molecular complexity index is 953. The molecule has 1 aliphatic rings. The van der Waals surface area contributed by atoms with Crippen molar-refractivity contribution in [2.24, 2.45) is 0 Å². The van der Waals surface area contributed by atoms with Gasteiger partial charge in [0.25, 0.3) is 5.91 Å². The van der Waals surface area contributed by atoms with Gasteiger partial charge in [0.1, 0.15) is 10.7 Å². The zero-order chi connectivity index (χ0) is 19.5. The molecule has 1 amide bonds. The fraction of sp³-hybridized carbons (Fsp3) is 0.318. The highest BCUT2D eigenvalue weighted by atomic mass is 32.1. The van der Waals surface area contributed by atoms with E-state index in [1.165, 1.54) is 23.5 Å². The van der Waals surface area contributed by atoms with E-state index in [1.807, 2.05) is 24.1 Å². The molecule has 1 aromatic carbocycles. The summed E-state index contributed by atoms with van der Waals surface area (Å²) in [4.78, 5) is 24.6. The summed E-state index contributed by atoms with van der Waals surface area (Å²) in [5.41, 5.74) is 5.55. The first-order valence-electron chi connectivity index (χ1n) is 9.52. The van der Waals surface area contributed by atoms with Gasteiger partial charge in [-0.05, 0) is 55.5 Å². The molecule has 1 atom stereocenters. The molecular weight excluding hydrogens is 373 g/mol. The molecule has 1 fully saturated rings. The molecule has 0 unspecified atom stereocenters. The van der Waals surface area contributed by atoms with Crippen LogP contribution in [0.3, 0.4) is 0 Å². The highest BCUT2D eigenvalue weighted by Crippen LogP contribution is 2.33. The van der Waals surface area contributed by atoms with Crippen molar-refractivity contribution < 1.29 is 9.18 Å². The molecule has 3 aromatic rings. The van der Waals surface area contributed by atoms with Crippen molar-refractivity contribution in [1.29, 1.82) is 0 Å². The van der Waals surface area contributed by atoms with Crippen LogP contribution in [0.25, 0.3) is 0 Å². The predicted molar refractivity (Wildman–Crippen MR) is 108 cm³/mol. The summed E-state index contributed by atoms with van der Waals surface area (Å²) in [6.07, 6.45) is 5.62. The van der Waals surface area contributed by atoms with Crippen molar-refractivity contribution in [1.82, 2.24) is 14.9 Å². The van der Waals surface area contributed by atoms with Crippen LogP contribution in [0.1, 0.15) is 57.5 Å². The lowest BCUT2D eigenvalue weighted by Crippen LogP contribution is -2.38. The topological polar surface area (TPSA) is 46.1 Å². The van der Waals surface area contributed by atoms with Crippen molar-refractivity contribution >= 4 is 17.2 Å². The monoisotopic (exact) mass is 395 g/mol. The van der Waals surface area contributed by atoms with Gasteiger partial charge in [-0.3, -0.25) is 9.78 Å². The molecule has 144 valence electrons. The van der Waals surface area contributed by atoms with Crippen LogP contribution >= 0.6 is 11.3 Å². The third kappa shape index (κ3) is 3.97. The van der Waals surface area contributed by atoms with Crippen LogP contribution in [0.4, 0.5) is 4.39 Å². The Balaban J connectivity index is 1.52. The van der Waals surface area contributed by atoms with E-state index in [0.717, 1.165) is 53.2 Å². The van der Waals surface area contributed by atoms with Gasteiger partial charge < -0.3 is 4.90 Å². The number of thiazole rings is 1. The molecular formula is C22H22FN3OS. The van der Waals surface area contributed by atoms with Gasteiger partial charge in [-0.2, -0.15) is 0 Å². The lowest BCUT2D eigenvalue weighted by molar-refractivity contribution is 0.0615. The van der Waals surface area contributed by atoms with Gasteiger partial charge in [-0.15, -0.1) is 11.3 Å². The molecule has 0 aliphatic carbocycles. The molecule has 0 bridgehead atoms. The summed E-state index contributed by atoms with van der Waals surface area (Å²) in [5.74, 6) is -0.162. The molecule has 4 rings (SSSR count). The Labute approximate surface area is 168 Å².